The van der Waals surface area contributed by atoms with Crippen LogP contribution in [0.1, 0.15) is 21.6 Å². The van der Waals surface area contributed by atoms with Gasteiger partial charge in [0, 0.05) is 17.0 Å². The summed E-state index contributed by atoms with van der Waals surface area (Å²) in [6.07, 6.45) is -1.67. The van der Waals surface area contributed by atoms with E-state index in [9.17, 15) is 35.2 Å². The van der Waals surface area contributed by atoms with E-state index in [1.807, 2.05) is 0 Å². The number of aromatic nitrogens is 3. The minimum Gasteiger partial charge on any atom is -0.485 e. The highest BCUT2D eigenvalue weighted by molar-refractivity contribution is 7.92. The van der Waals surface area contributed by atoms with Gasteiger partial charge < -0.3 is 20.2 Å². The molecule has 49 heavy (non-hydrogen) atoms. The zero-order valence-electron chi connectivity index (χ0n) is 25.2. The molecule has 0 radical (unpaired) electrons. The summed E-state index contributed by atoms with van der Waals surface area (Å²) in [6, 6.07) is 16.2. The number of H-pyrrole nitrogens is 1. The number of alkyl halides is 2. The number of carbonyl (C=O) groups excluding carboxylic acids is 1. The monoisotopic (exact) mass is 697 g/mol. The second-order valence-corrected chi connectivity index (χ2v) is 12.4. The lowest BCUT2D eigenvalue weighted by Gasteiger charge is -2.14. The van der Waals surface area contributed by atoms with Crippen molar-refractivity contribution in [1.29, 1.82) is 0 Å². The molecule has 0 saturated carbocycles. The van der Waals surface area contributed by atoms with Gasteiger partial charge in [0.15, 0.2) is 11.6 Å². The van der Waals surface area contributed by atoms with Gasteiger partial charge in [-0.3, -0.25) is 9.52 Å². The molecule has 6 rings (SSSR count). The molecule has 0 saturated heterocycles. The zero-order chi connectivity index (χ0) is 35.0. The third-order valence-electron chi connectivity index (χ3n) is 7.23. The van der Waals surface area contributed by atoms with E-state index < -0.39 is 51.2 Å². The largest absolute Gasteiger partial charge is 0.485 e. The average Bonchev–Trinajstić information content (AvgIpc) is 3.63. The van der Waals surface area contributed by atoms with E-state index >= 15 is 0 Å². The molecule has 4 N–H and O–H groups in total. The number of ether oxygens (including phenoxy) is 2. The van der Waals surface area contributed by atoms with E-state index in [4.69, 9.17) is 15.2 Å². The zero-order valence-corrected chi connectivity index (χ0v) is 26.0. The van der Waals surface area contributed by atoms with Crippen LogP contribution in [0, 0.1) is 24.4 Å². The van der Waals surface area contributed by atoms with Crippen molar-refractivity contribution in [3.05, 3.63) is 119 Å². The van der Waals surface area contributed by atoms with E-state index in [1.54, 1.807) is 31.2 Å². The molecule has 0 fully saturated rings. The van der Waals surface area contributed by atoms with Crippen LogP contribution >= 0.6 is 0 Å². The number of nitrogens with one attached hydrogen (secondary N) is 2. The van der Waals surface area contributed by atoms with Gasteiger partial charge in [0.25, 0.3) is 16.4 Å². The number of benzene rings is 4. The van der Waals surface area contributed by atoms with Gasteiger partial charge in [-0.05, 0) is 73.2 Å². The number of para-hydroxylation sites is 1. The second-order valence-electron chi connectivity index (χ2n) is 10.7. The van der Waals surface area contributed by atoms with Crippen LogP contribution in [0.15, 0.2) is 90.0 Å². The lowest BCUT2D eigenvalue weighted by atomic mass is 10.1. The minimum atomic E-state index is -4.62. The first-order valence-electron chi connectivity index (χ1n) is 14.3. The number of anilines is 2. The van der Waals surface area contributed by atoms with Gasteiger partial charge in [-0.15, -0.1) is 0 Å². The summed E-state index contributed by atoms with van der Waals surface area (Å²) in [5, 5.41) is 4.54. The smallest absolute Gasteiger partial charge is 0.272 e. The molecule has 0 amide bonds. The summed E-state index contributed by atoms with van der Waals surface area (Å²) in [7, 11) is -4.62. The number of aryl methyl sites for hydroxylation is 1. The Bertz CT molecular complexity index is 2320. The third-order valence-corrected chi connectivity index (χ3v) is 8.58. The van der Waals surface area contributed by atoms with Crippen molar-refractivity contribution < 1.29 is 44.6 Å². The van der Waals surface area contributed by atoms with Gasteiger partial charge in [-0.1, -0.05) is 12.1 Å². The standard InChI is InChI=1S/C33H24F5N5O5S/c1-17-8-21(48-29-5-3-2-4-24(29)36)6-7-28(17)43-33(39)23(15-40-43)32(44)27-9-18-10-30(47-16-31(37)38)26(14-25(18)41-27)42-49(45,46)22-12-19(34)11-20(35)13-22/h2-15,31,41-42H,16,39H2,1H3. The van der Waals surface area contributed by atoms with Gasteiger partial charge in [-0.25, -0.2) is 35.1 Å². The third kappa shape index (κ3) is 6.89. The summed E-state index contributed by atoms with van der Waals surface area (Å²) in [6.45, 7) is 0.643. The summed E-state index contributed by atoms with van der Waals surface area (Å²) in [5.74, 6) is -3.41. The van der Waals surface area contributed by atoms with Gasteiger partial charge >= 0.3 is 0 Å². The SMILES string of the molecule is Cc1cc(Oc2ccccc2F)ccc1-n1ncc(C(=O)c2cc3cc(OCC(F)F)c(NS(=O)(=O)c4cc(F)cc(F)c4)cc3[nH]2)c1N. The summed E-state index contributed by atoms with van der Waals surface area (Å²) in [5.41, 5.74) is 7.31. The van der Waals surface area contributed by atoms with Crippen LogP contribution < -0.4 is 19.9 Å². The molecule has 6 aromatic rings. The quantitative estimate of drug-likeness (QED) is 0.0967. The number of aromatic amines is 1. The Labute approximate surface area is 274 Å². The number of fused-ring (bicyclic) bond motifs is 1. The predicted molar refractivity (Wildman–Crippen MR) is 170 cm³/mol. The fourth-order valence-electron chi connectivity index (χ4n) is 4.97. The molecule has 0 aliphatic heterocycles. The lowest BCUT2D eigenvalue weighted by molar-refractivity contribution is 0.0823. The average molecular weight is 698 g/mol. The number of nitrogens with two attached hydrogens (primary N) is 1. The molecule has 10 nitrogen and oxygen atoms in total. The van der Waals surface area contributed by atoms with Gasteiger partial charge in [-0.2, -0.15) is 5.10 Å². The summed E-state index contributed by atoms with van der Waals surface area (Å²) < 4.78 is 108. The Morgan fingerprint density at radius 1 is 0.980 bits per heavy atom. The van der Waals surface area contributed by atoms with E-state index in [0.29, 0.717) is 35.2 Å². The van der Waals surface area contributed by atoms with Crippen LogP contribution in [0.25, 0.3) is 16.6 Å². The first kappa shape index (κ1) is 33.0. The molecule has 0 unspecified atom stereocenters. The van der Waals surface area contributed by atoms with E-state index in [1.165, 1.54) is 47.3 Å². The molecule has 0 atom stereocenters. The van der Waals surface area contributed by atoms with Crippen molar-refractivity contribution in [2.24, 2.45) is 0 Å². The van der Waals surface area contributed by atoms with Crippen LogP contribution in [0.4, 0.5) is 33.5 Å². The van der Waals surface area contributed by atoms with E-state index in [-0.39, 0.29) is 45.2 Å². The number of hydrogen-bond acceptors (Lipinski definition) is 7. The maximum atomic E-state index is 14.0. The fraction of sp³-hybridized carbons (Fsp3) is 0.0909. The number of ketones is 1. The highest BCUT2D eigenvalue weighted by Crippen LogP contribution is 2.34. The maximum absolute atomic E-state index is 14.0. The summed E-state index contributed by atoms with van der Waals surface area (Å²) in [4.78, 5) is 15.7. The van der Waals surface area contributed by atoms with Crippen LogP contribution in [0.2, 0.25) is 0 Å². The second kappa shape index (κ2) is 13.0. The van der Waals surface area contributed by atoms with Crippen molar-refractivity contribution in [3.63, 3.8) is 0 Å². The highest BCUT2D eigenvalue weighted by Gasteiger charge is 2.24. The van der Waals surface area contributed by atoms with Crippen molar-refractivity contribution in [2.45, 2.75) is 18.2 Å². The molecule has 0 spiro atoms. The van der Waals surface area contributed by atoms with Crippen LogP contribution in [-0.4, -0.2) is 42.0 Å². The first-order chi connectivity index (χ1) is 23.3. The topological polar surface area (TPSA) is 141 Å². The van der Waals surface area contributed by atoms with Crippen molar-refractivity contribution in [3.8, 4) is 22.9 Å². The molecule has 4 aromatic carbocycles. The molecule has 0 aliphatic carbocycles. The Morgan fingerprint density at radius 3 is 2.41 bits per heavy atom. The molecule has 0 bridgehead atoms. The number of nitrogens with zero attached hydrogens (tertiary/aromatic N) is 2. The predicted octanol–water partition coefficient (Wildman–Crippen LogP) is 7.13. The molecule has 252 valence electrons. The summed E-state index contributed by atoms with van der Waals surface area (Å²) >= 11 is 0. The Kier molecular flexibility index (Phi) is 8.73. The molecule has 0 aliphatic rings. The maximum Gasteiger partial charge on any atom is 0.272 e. The molecule has 2 aromatic heterocycles. The van der Waals surface area contributed by atoms with Crippen LogP contribution in [0.5, 0.6) is 17.2 Å². The van der Waals surface area contributed by atoms with Crippen molar-refractivity contribution in [1.82, 2.24) is 14.8 Å². The van der Waals surface area contributed by atoms with Crippen molar-refractivity contribution >= 4 is 38.2 Å². The molecular formula is C33H24F5N5O5S. The molecule has 2 heterocycles. The number of halogens is 5. The highest BCUT2D eigenvalue weighted by atomic mass is 32.2. The number of carbonyl (C=O) groups is 1. The van der Waals surface area contributed by atoms with E-state index in [2.05, 4.69) is 14.8 Å². The van der Waals surface area contributed by atoms with Gasteiger partial charge in [0.1, 0.15) is 35.6 Å². The number of nitrogen functional groups attached to an aromatic ring is 1. The minimum absolute atomic E-state index is 0.000806. The van der Waals surface area contributed by atoms with Crippen molar-refractivity contribution in [2.75, 3.05) is 17.1 Å². The van der Waals surface area contributed by atoms with Gasteiger partial charge in [0.05, 0.1) is 33.7 Å². The van der Waals surface area contributed by atoms with Crippen LogP contribution in [0.3, 0.4) is 0 Å². The Hall–Kier alpha value is -5.90. The molecular weight excluding hydrogens is 673 g/mol. The fourth-order valence-corrected chi connectivity index (χ4v) is 6.08. The Balaban J connectivity index is 1.30. The lowest BCUT2D eigenvalue weighted by Crippen LogP contribution is -2.15. The number of sulfonamides is 1. The number of hydrogen-bond donors (Lipinski definition) is 3. The number of rotatable bonds is 11. The van der Waals surface area contributed by atoms with Crippen LogP contribution in [-0.2, 0) is 10.0 Å². The Morgan fingerprint density at radius 2 is 1.71 bits per heavy atom. The molecule has 16 heteroatoms. The van der Waals surface area contributed by atoms with E-state index in [0.717, 1.165) is 0 Å². The normalized spacial score (nSPS) is 11.7. The first-order valence-corrected chi connectivity index (χ1v) is 15.8. The van der Waals surface area contributed by atoms with Gasteiger partial charge in [0.2, 0.25) is 5.78 Å².